The second kappa shape index (κ2) is 10.4. The number of fused-ring (bicyclic) bond motifs is 1. The molecule has 0 spiro atoms. The number of carbonyl (C=O) groups excluding carboxylic acids is 1. The lowest BCUT2D eigenvalue weighted by atomic mass is 9.80. The van der Waals surface area contributed by atoms with Crippen molar-refractivity contribution in [3.8, 4) is 0 Å². The van der Waals surface area contributed by atoms with E-state index in [1.807, 2.05) is 12.2 Å². The summed E-state index contributed by atoms with van der Waals surface area (Å²) in [6, 6.07) is 4.23. The predicted molar refractivity (Wildman–Crippen MR) is 126 cm³/mol. The van der Waals surface area contributed by atoms with E-state index in [9.17, 15) is 9.59 Å². The van der Waals surface area contributed by atoms with Crippen molar-refractivity contribution in [1.29, 1.82) is 0 Å². The first-order valence-electron chi connectivity index (χ1n) is 12.1. The lowest BCUT2D eigenvalue weighted by Gasteiger charge is -2.45. The summed E-state index contributed by atoms with van der Waals surface area (Å²) < 4.78 is 0. The Morgan fingerprint density at radius 3 is 2.78 bits per heavy atom. The fraction of sp³-hybridized carbons (Fsp3) is 0.577. The number of piperidine rings is 1. The Kier molecular flexibility index (Phi) is 7.40. The van der Waals surface area contributed by atoms with E-state index in [1.54, 1.807) is 0 Å². The molecule has 1 saturated heterocycles. The number of carboxylic acid groups (broad SMARTS) is 1. The van der Waals surface area contributed by atoms with Crippen LogP contribution in [0.25, 0.3) is 0 Å². The number of pyridine rings is 1. The lowest BCUT2D eigenvalue weighted by Crippen LogP contribution is -2.56. The van der Waals surface area contributed by atoms with E-state index in [0.29, 0.717) is 18.8 Å². The SMILES string of the molecule is O=C(O)CCCC1CCN(C2(C(=O)CCc3ccc4c(n3)NCCC4)C=CC=CC2)CC1. The van der Waals surface area contributed by atoms with Crippen LogP contribution < -0.4 is 5.32 Å². The van der Waals surface area contributed by atoms with Gasteiger partial charge in [0, 0.05) is 25.1 Å². The molecule has 1 atom stereocenters. The highest BCUT2D eigenvalue weighted by Crippen LogP contribution is 2.34. The molecule has 3 heterocycles. The van der Waals surface area contributed by atoms with E-state index in [0.717, 1.165) is 76.1 Å². The van der Waals surface area contributed by atoms with Gasteiger partial charge < -0.3 is 10.4 Å². The third-order valence-electron chi connectivity index (χ3n) is 7.27. The van der Waals surface area contributed by atoms with Gasteiger partial charge in [-0.25, -0.2) is 4.98 Å². The first kappa shape index (κ1) is 22.7. The van der Waals surface area contributed by atoms with Gasteiger partial charge in [-0.2, -0.15) is 0 Å². The number of aryl methyl sites for hydroxylation is 2. The van der Waals surface area contributed by atoms with E-state index < -0.39 is 11.5 Å². The van der Waals surface area contributed by atoms with Crippen LogP contribution in [0.5, 0.6) is 0 Å². The van der Waals surface area contributed by atoms with Crippen LogP contribution in [0, 0.1) is 5.92 Å². The molecule has 2 aliphatic heterocycles. The first-order chi connectivity index (χ1) is 15.6. The highest BCUT2D eigenvalue weighted by molar-refractivity contribution is 5.91. The average molecular weight is 438 g/mol. The Morgan fingerprint density at radius 1 is 1.19 bits per heavy atom. The molecular formula is C26H35N3O3. The van der Waals surface area contributed by atoms with Crippen molar-refractivity contribution < 1.29 is 14.7 Å². The summed E-state index contributed by atoms with van der Waals surface area (Å²) in [6.07, 6.45) is 16.4. The molecule has 1 aromatic heterocycles. The van der Waals surface area contributed by atoms with Gasteiger partial charge in [-0.15, -0.1) is 0 Å². The molecule has 3 aliphatic rings. The van der Waals surface area contributed by atoms with Crippen LogP contribution in [0.4, 0.5) is 5.82 Å². The number of hydrogen-bond donors (Lipinski definition) is 2. The molecule has 1 fully saturated rings. The van der Waals surface area contributed by atoms with Crippen molar-refractivity contribution in [3.05, 3.63) is 47.7 Å². The van der Waals surface area contributed by atoms with Crippen LogP contribution in [-0.4, -0.2) is 51.9 Å². The second-order valence-corrected chi connectivity index (χ2v) is 9.40. The Bertz CT molecular complexity index is 886. The Hall–Kier alpha value is -2.47. The van der Waals surface area contributed by atoms with Crippen molar-refractivity contribution >= 4 is 17.6 Å². The zero-order valence-electron chi connectivity index (χ0n) is 18.9. The van der Waals surface area contributed by atoms with Crippen molar-refractivity contribution in [2.75, 3.05) is 25.0 Å². The van der Waals surface area contributed by atoms with Gasteiger partial charge in [0.2, 0.25) is 0 Å². The van der Waals surface area contributed by atoms with Crippen molar-refractivity contribution in [2.45, 2.75) is 69.7 Å². The Labute approximate surface area is 190 Å². The molecule has 0 radical (unpaired) electrons. The summed E-state index contributed by atoms with van der Waals surface area (Å²) in [4.78, 5) is 31.5. The third kappa shape index (κ3) is 5.29. The van der Waals surface area contributed by atoms with Crippen LogP contribution in [0.15, 0.2) is 36.4 Å². The van der Waals surface area contributed by atoms with Crippen molar-refractivity contribution in [3.63, 3.8) is 0 Å². The van der Waals surface area contributed by atoms with E-state index in [4.69, 9.17) is 10.1 Å². The first-order valence-corrected chi connectivity index (χ1v) is 12.1. The standard InChI is InChI=1S/C26H35N3O3/c30-23(12-11-22-10-9-21-7-5-17-27-25(21)28-22)26(15-2-1-3-16-26)29-18-13-20(14-19-29)6-4-8-24(31)32/h1-3,9-10,15,20H,4-8,11-14,16-19H2,(H,27,28)(H,31,32). The summed E-state index contributed by atoms with van der Waals surface area (Å²) in [5, 5.41) is 12.3. The number of nitrogens with one attached hydrogen (secondary N) is 1. The predicted octanol–water partition coefficient (Wildman–Crippen LogP) is 4.16. The highest BCUT2D eigenvalue weighted by Gasteiger charge is 2.42. The molecule has 4 rings (SSSR count). The number of carboxylic acids is 1. The quantitative estimate of drug-likeness (QED) is 0.604. The lowest BCUT2D eigenvalue weighted by molar-refractivity contribution is -0.137. The molecule has 6 nitrogen and oxygen atoms in total. The van der Waals surface area contributed by atoms with Crippen LogP contribution in [0.3, 0.4) is 0 Å². The normalized spacial score (nSPS) is 23.5. The summed E-state index contributed by atoms with van der Waals surface area (Å²) in [6.45, 7) is 2.75. The second-order valence-electron chi connectivity index (χ2n) is 9.40. The number of anilines is 1. The summed E-state index contributed by atoms with van der Waals surface area (Å²) in [5.74, 6) is 1.11. The van der Waals surface area contributed by atoms with E-state index in [-0.39, 0.29) is 12.2 Å². The maximum atomic E-state index is 13.6. The number of aliphatic carboxylic acids is 1. The minimum atomic E-state index is -0.713. The number of rotatable bonds is 9. The van der Waals surface area contributed by atoms with E-state index in [2.05, 4.69) is 34.5 Å². The maximum Gasteiger partial charge on any atom is 0.303 e. The fourth-order valence-electron chi connectivity index (χ4n) is 5.36. The zero-order chi connectivity index (χ0) is 22.4. The Morgan fingerprint density at radius 2 is 2.03 bits per heavy atom. The number of hydrogen-bond acceptors (Lipinski definition) is 5. The van der Waals surface area contributed by atoms with Crippen molar-refractivity contribution in [1.82, 2.24) is 9.88 Å². The van der Waals surface area contributed by atoms with Gasteiger partial charge in [-0.3, -0.25) is 14.5 Å². The molecule has 0 saturated carbocycles. The number of allylic oxidation sites excluding steroid dienone is 2. The average Bonchev–Trinajstić information content (AvgIpc) is 2.83. The molecule has 0 aromatic carbocycles. The fourth-order valence-corrected chi connectivity index (χ4v) is 5.36. The topological polar surface area (TPSA) is 82.5 Å². The minimum absolute atomic E-state index is 0.252. The van der Waals surface area contributed by atoms with Crippen LogP contribution >= 0.6 is 0 Å². The Balaban J connectivity index is 1.36. The summed E-state index contributed by atoms with van der Waals surface area (Å²) in [5.41, 5.74) is 1.70. The van der Waals surface area contributed by atoms with Gasteiger partial charge in [-0.1, -0.05) is 30.4 Å². The molecular weight excluding hydrogens is 402 g/mol. The molecule has 1 aromatic rings. The number of nitrogens with zero attached hydrogens (tertiary/aromatic N) is 2. The molecule has 0 bridgehead atoms. The van der Waals surface area contributed by atoms with E-state index in [1.165, 1.54) is 5.56 Å². The number of carbonyl (C=O) groups is 2. The van der Waals surface area contributed by atoms with Crippen LogP contribution in [0.2, 0.25) is 0 Å². The zero-order valence-corrected chi connectivity index (χ0v) is 18.9. The van der Waals surface area contributed by atoms with Crippen LogP contribution in [-0.2, 0) is 22.4 Å². The molecule has 2 N–H and O–H groups in total. The number of aromatic nitrogens is 1. The number of Topliss-reactive ketones (excluding diaryl/α,β-unsaturated/α-hetero) is 1. The number of likely N-dealkylation sites (tertiary alicyclic amines) is 1. The molecule has 0 amide bonds. The van der Waals surface area contributed by atoms with Crippen molar-refractivity contribution in [2.24, 2.45) is 5.92 Å². The highest BCUT2D eigenvalue weighted by atomic mass is 16.4. The molecule has 1 unspecified atom stereocenters. The summed E-state index contributed by atoms with van der Waals surface area (Å²) >= 11 is 0. The smallest absolute Gasteiger partial charge is 0.303 e. The minimum Gasteiger partial charge on any atom is -0.481 e. The van der Waals surface area contributed by atoms with Gasteiger partial charge in [-0.05, 0) is 82.0 Å². The molecule has 1 aliphatic carbocycles. The largest absolute Gasteiger partial charge is 0.481 e. The van der Waals surface area contributed by atoms with Gasteiger partial charge >= 0.3 is 5.97 Å². The monoisotopic (exact) mass is 437 g/mol. The molecule has 6 heteroatoms. The maximum absolute atomic E-state index is 13.6. The third-order valence-corrected chi connectivity index (χ3v) is 7.27. The molecule has 172 valence electrons. The van der Waals surface area contributed by atoms with Crippen LogP contribution in [0.1, 0.15) is 62.6 Å². The molecule has 32 heavy (non-hydrogen) atoms. The van der Waals surface area contributed by atoms with E-state index >= 15 is 0 Å². The van der Waals surface area contributed by atoms with Gasteiger partial charge in [0.1, 0.15) is 11.4 Å². The van der Waals surface area contributed by atoms with Gasteiger partial charge in [0.25, 0.3) is 0 Å². The van der Waals surface area contributed by atoms with Gasteiger partial charge in [0.05, 0.1) is 0 Å². The van der Waals surface area contributed by atoms with Gasteiger partial charge in [0.15, 0.2) is 5.78 Å². The summed E-state index contributed by atoms with van der Waals surface area (Å²) in [7, 11) is 0. The number of ketones is 1.